The fraction of sp³-hybridized carbons (Fsp3) is 0.923. The molecular weight excluding hydrogens is 263 g/mol. The number of aliphatic imine (C=N–C) groups is 1. The van der Waals surface area contributed by atoms with Gasteiger partial charge in [0.15, 0.2) is 0 Å². The molecule has 3 heteroatoms. The number of rotatable bonds is 6. The van der Waals surface area contributed by atoms with Gasteiger partial charge in [-0.1, -0.05) is 0 Å². The second-order valence-electron chi connectivity index (χ2n) is 4.94. The number of hydrogen-bond donors (Lipinski definition) is 0. The molecule has 96 valence electrons. The molecule has 0 aliphatic heterocycles. The summed E-state index contributed by atoms with van der Waals surface area (Å²) in [7, 11) is 0. The van der Waals surface area contributed by atoms with Gasteiger partial charge < -0.3 is 0 Å². The molecule has 0 aromatic heterocycles. The molecule has 0 saturated carbocycles. The van der Waals surface area contributed by atoms with Gasteiger partial charge >= 0.3 is 108 Å². The molecule has 0 aromatic rings. The van der Waals surface area contributed by atoms with Crippen LogP contribution in [-0.4, -0.2) is 43.2 Å². The Balaban J connectivity index is 4.56. The molecule has 0 saturated heterocycles. The summed E-state index contributed by atoms with van der Waals surface area (Å²) in [6, 6.07) is 0. The quantitative estimate of drug-likeness (QED) is 0.317. The molecule has 16 heavy (non-hydrogen) atoms. The van der Waals surface area contributed by atoms with E-state index < -0.39 is 0 Å². The van der Waals surface area contributed by atoms with Crippen molar-refractivity contribution >= 4 is 19.7 Å². The van der Waals surface area contributed by atoms with E-state index in [1.807, 2.05) is 0 Å². The number of nitrogens with zero attached hydrogens (tertiary/aromatic N) is 2. The van der Waals surface area contributed by atoms with E-state index >= 15 is 0 Å². The topological polar surface area (TPSA) is 15.6 Å². The van der Waals surface area contributed by atoms with Crippen molar-refractivity contribution in [2.45, 2.75) is 65.2 Å². The second-order valence-corrected chi connectivity index (χ2v) is 7.17. The monoisotopic (exact) mass is 292 g/mol. The Kier molecular flexibility index (Phi) is 8.13. The van der Waals surface area contributed by atoms with Gasteiger partial charge in [0.25, 0.3) is 0 Å². The van der Waals surface area contributed by atoms with Crippen LogP contribution in [0.1, 0.15) is 54.4 Å². The summed E-state index contributed by atoms with van der Waals surface area (Å²) < 4.78 is 1.36. The zero-order chi connectivity index (χ0) is 12.6. The maximum atomic E-state index is 4.89. The van der Waals surface area contributed by atoms with E-state index in [1.54, 1.807) is 0 Å². The summed E-state index contributed by atoms with van der Waals surface area (Å²) in [5.74, 6) is 0. The summed E-state index contributed by atoms with van der Waals surface area (Å²) in [5, 5.41) is 1.33. The van der Waals surface area contributed by atoms with Gasteiger partial charge in [-0.3, -0.25) is 0 Å². The minimum absolute atomic E-state index is 0.0614. The number of unbranched alkanes of at least 4 members (excludes halogenated alkanes) is 1. The third-order valence-electron chi connectivity index (χ3n) is 2.19. The molecule has 0 bridgehead atoms. The molecule has 0 aliphatic rings. The van der Waals surface area contributed by atoms with Crippen molar-refractivity contribution in [3.63, 3.8) is 0 Å². The molecule has 0 rings (SSSR count). The van der Waals surface area contributed by atoms with Crippen molar-refractivity contribution in [3.8, 4) is 0 Å². The van der Waals surface area contributed by atoms with Crippen molar-refractivity contribution in [3.05, 3.63) is 0 Å². The van der Waals surface area contributed by atoms with E-state index in [1.165, 1.54) is 22.9 Å². The van der Waals surface area contributed by atoms with Crippen LogP contribution in [0.3, 0.4) is 0 Å². The minimum atomic E-state index is 0.0614. The van der Waals surface area contributed by atoms with Crippen LogP contribution in [0, 0.1) is 0 Å². The van der Waals surface area contributed by atoms with Gasteiger partial charge in [0, 0.05) is 0 Å². The van der Waals surface area contributed by atoms with Crippen molar-refractivity contribution in [2.75, 3.05) is 13.1 Å². The first kappa shape index (κ1) is 16.0. The van der Waals surface area contributed by atoms with Crippen molar-refractivity contribution < 1.29 is 0 Å². The maximum absolute atomic E-state index is 4.89. The molecule has 0 heterocycles. The Morgan fingerprint density at radius 3 is 2.06 bits per heavy atom. The summed E-state index contributed by atoms with van der Waals surface area (Å²) in [6.07, 6.45) is 2.63. The van der Waals surface area contributed by atoms with Gasteiger partial charge in [0.1, 0.15) is 0 Å². The van der Waals surface area contributed by atoms with Gasteiger partial charge in [-0.15, -0.1) is 0 Å². The van der Waals surface area contributed by atoms with Crippen LogP contribution >= 0.6 is 0 Å². The first-order valence-electron chi connectivity index (χ1n) is 6.42. The zero-order valence-corrected chi connectivity index (χ0v) is 13.6. The van der Waals surface area contributed by atoms with Gasteiger partial charge in [0.2, 0.25) is 0 Å². The molecule has 0 radical (unpaired) electrons. The predicted molar refractivity (Wildman–Crippen MR) is 75.6 cm³/mol. The molecule has 0 aliphatic carbocycles. The Bertz CT molecular complexity index is 202. The summed E-state index contributed by atoms with van der Waals surface area (Å²) in [5.41, 5.74) is 0.0614. The average Bonchev–Trinajstić information content (AvgIpc) is 2.17. The summed E-state index contributed by atoms with van der Waals surface area (Å²) in [6.45, 7) is 15.4. The molecule has 0 amide bonds. The molecule has 2 nitrogen and oxygen atoms in total. The van der Waals surface area contributed by atoms with E-state index in [0.717, 1.165) is 13.1 Å². The standard InChI is InChI=1S/C13H28N2Se/c1-7-10-11-16-12(14-13(4,5)6)15(8-2)9-3/h7-11H2,1-6H3. The van der Waals surface area contributed by atoms with Crippen molar-refractivity contribution in [1.82, 2.24) is 4.90 Å². The Labute approximate surface area is 108 Å². The van der Waals surface area contributed by atoms with E-state index in [-0.39, 0.29) is 5.54 Å². The van der Waals surface area contributed by atoms with Crippen LogP contribution in [0.15, 0.2) is 4.99 Å². The molecule has 0 aromatic carbocycles. The molecule has 0 unspecified atom stereocenters. The second kappa shape index (κ2) is 8.14. The fourth-order valence-corrected chi connectivity index (χ4v) is 4.21. The van der Waals surface area contributed by atoms with Crippen LogP contribution in [0.2, 0.25) is 5.32 Å². The summed E-state index contributed by atoms with van der Waals surface area (Å²) >= 11 is 0.551. The number of hydrogen-bond acceptors (Lipinski definition) is 1. The Morgan fingerprint density at radius 2 is 1.69 bits per heavy atom. The molecule has 0 fully saturated rings. The van der Waals surface area contributed by atoms with Gasteiger partial charge in [-0.05, 0) is 0 Å². The average molecular weight is 291 g/mol. The first-order valence-corrected chi connectivity index (χ1v) is 8.49. The SMILES string of the molecule is CCCC[Se]C(=NC(C)(C)C)N(CC)CC. The van der Waals surface area contributed by atoms with Crippen molar-refractivity contribution in [1.29, 1.82) is 0 Å². The molecule has 0 spiro atoms. The van der Waals surface area contributed by atoms with Crippen LogP contribution in [0.5, 0.6) is 0 Å². The van der Waals surface area contributed by atoms with E-state index in [0.29, 0.717) is 15.0 Å². The van der Waals surface area contributed by atoms with E-state index in [2.05, 4.69) is 46.4 Å². The predicted octanol–water partition coefficient (Wildman–Crippen LogP) is 3.41. The van der Waals surface area contributed by atoms with Gasteiger partial charge in [-0.2, -0.15) is 0 Å². The van der Waals surface area contributed by atoms with Crippen LogP contribution in [0.4, 0.5) is 0 Å². The number of amidine groups is 1. The summed E-state index contributed by atoms with van der Waals surface area (Å²) in [4.78, 5) is 7.31. The molecule has 0 atom stereocenters. The van der Waals surface area contributed by atoms with Gasteiger partial charge in [-0.25, -0.2) is 0 Å². The van der Waals surface area contributed by atoms with Crippen LogP contribution in [-0.2, 0) is 0 Å². The third-order valence-corrected chi connectivity index (χ3v) is 4.50. The fourth-order valence-electron chi connectivity index (χ4n) is 1.28. The van der Waals surface area contributed by atoms with Crippen LogP contribution < -0.4 is 0 Å². The molecule has 0 N–H and O–H groups in total. The van der Waals surface area contributed by atoms with Crippen LogP contribution in [0.25, 0.3) is 0 Å². The third kappa shape index (κ3) is 7.29. The zero-order valence-electron chi connectivity index (χ0n) is 11.8. The molecular formula is C13H28N2Se. The Hall–Kier alpha value is -0.0105. The first-order chi connectivity index (χ1) is 7.44. The Morgan fingerprint density at radius 1 is 1.12 bits per heavy atom. The van der Waals surface area contributed by atoms with E-state index in [9.17, 15) is 0 Å². The van der Waals surface area contributed by atoms with Crippen molar-refractivity contribution in [2.24, 2.45) is 4.99 Å². The van der Waals surface area contributed by atoms with Gasteiger partial charge in [0.05, 0.1) is 0 Å². The van der Waals surface area contributed by atoms with E-state index in [4.69, 9.17) is 4.99 Å². The normalized spacial score (nSPS) is 13.0.